The second-order valence-corrected chi connectivity index (χ2v) is 39.4. The summed E-state index contributed by atoms with van der Waals surface area (Å²) in [5.74, 6) is 14.1. The summed E-state index contributed by atoms with van der Waals surface area (Å²) >= 11 is 1.86. The van der Waals surface area contributed by atoms with Crippen LogP contribution >= 0.6 is 11.3 Å². The zero-order chi connectivity index (χ0) is 96.9. The summed E-state index contributed by atoms with van der Waals surface area (Å²) in [6, 6.07) is 99.0. The lowest BCUT2D eigenvalue weighted by atomic mass is 9.85. The number of para-hydroxylation sites is 3. The number of ether oxygens (including phenoxy) is 6. The van der Waals surface area contributed by atoms with Crippen LogP contribution in [0.5, 0.6) is 34.5 Å². The number of carbonyl (C=O) groups excluding carboxylic acids is 2. The van der Waals surface area contributed by atoms with Gasteiger partial charge < -0.3 is 32.8 Å². The molecule has 2 aliphatic carbocycles. The van der Waals surface area contributed by atoms with Crippen molar-refractivity contribution in [2.24, 2.45) is 17.8 Å². The van der Waals surface area contributed by atoms with E-state index in [1.807, 2.05) is 169 Å². The van der Waals surface area contributed by atoms with Gasteiger partial charge in [-0.2, -0.15) is 0 Å². The first-order chi connectivity index (χ1) is 64.5. The summed E-state index contributed by atoms with van der Waals surface area (Å²) in [5.41, 5.74) is 21.0. The molecule has 2 aromatic heterocycles. The van der Waals surface area contributed by atoms with Gasteiger partial charge in [-0.05, 0) is 304 Å². The van der Waals surface area contributed by atoms with Crippen LogP contribution in [0.2, 0.25) is 0 Å². The molecule has 17 rings (SSSR count). The SMILES string of the molecule is C.CC(=O)c1cccc(C(C)C)c1.CC(C)CCc1cccs1.CC(C)[C@@H]1C[C@H]1c1ccccc1.CC(C)c1ccc(-c2ccco2)cc1.CC(C)c1ccc(Oc2ccccc2)cc1.CC(C)c1ccc2c(c1)CCOC2.CC(C)c1ccc2c(c1)OCO2.CC(C)c1cccc2c1CCCC2.CC(C)c1ccccc1Oc1ccccc1.CCCCOC(=O)c1ccc(C(C)C)cc1. The molecule has 0 saturated heterocycles. The molecular weight excluding hydrogens is 1680 g/mol. The Balaban J connectivity index is 0.000000205. The van der Waals surface area contributed by atoms with E-state index < -0.39 is 0 Å². The van der Waals surface area contributed by atoms with E-state index in [-0.39, 0.29) is 19.2 Å². The molecule has 9 nitrogen and oxygen atoms in total. The second kappa shape index (κ2) is 59.5. The fourth-order valence-electron chi connectivity index (χ4n) is 15.5. The molecule has 2 atom stereocenters. The van der Waals surface area contributed by atoms with Crippen LogP contribution in [0, 0.1) is 17.8 Å². The van der Waals surface area contributed by atoms with E-state index in [4.69, 9.17) is 32.8 Å². The number of Topliss-reactive ketones (excluding diaryl/α,β-unsaturated/α-hetero) is 1. The number of benzene rings is 11. The smallest absolute Gasteiger partial charge is 0.338 e. The highest BCUT2D eigenvalue weighted by molar-refractivity contribution is 7.09. The third-order valence-corrected chi connectivity index (χ3v) is 25.1. The maximum Gasteiger partial charge on any atom is 0.338 e. The average molecular weight is 1840 g/mol. The highest BCUT2D eigenvalue weighted by Gasteiger charge is 2.40. The Hall–Kier alpha value is -11.3. The standard InChI is InChI=1S/2C15H16O.C14H20O2.C13H14O.C13H18.C12H16O.C12H16.C11H14O.C10H12O2.C9H14S.CH4/c1-12(2)14-10-6-7-11-15(14)16-13-8-4-3-5-9-13;1-12(2)13-8-10-15(11-9-13)16-14-6-4-3-5-7-14;1-4-5-10-16-14(15)13-8-6-12(7-9-13)11(2)3;1-10(2)11-5-7-12(8-6-11)13-4-3-9-14-13;1-10(2)12-9-5-7-11-6-3-4-8-13(11)12;1-9(2)10-3-4-12-8-13-6-5-11(12)7-10;1-9(2)11-8-12(11)10-6-4-3-5-7-10;1-8(2)10-5-4-6-11(7-10)9(3)12;1-7(2)8-3-4-9-10(5-8)12-6-11-9;1-8(2)5-6-9-4-3-7-10-9;/h2*3-12H,1-2H3;6-9,11H,4-5,10H2,1-3H3;3-10H,1-2H3;5,7,9-10H,3-4,6,8H2,1-2H3;3-4,7,9H,5-6,8H2,1-2H3;3-7,9,11-12H,8H2,1-2H3;4-8H,1-3H3;3-5,7H,6H2,1-2H3;3-4,7-8H,5-6H2,1-2H3;1H4/t;;;;;;11-,12-;;;;/m......0..../s1. The van der Waals surface area contributed by atoms with E-state index in [1.54, 1.807) is 29.9 Å². The Kier molecular flexibility index (Phi) is 48.8. The minimum absolute atomic E-state index is 0. The van der Waals surface area contributed by atoms with Crippen LogP contribution in [-0.2, 0) is 41.8 Å². The van der Waals surface area contributed by atoms with Crippen LogP contribution in [0.25, 0.3) is 11.3 Å². The van der Waals surface area contributed by atoms with E-state index in [1.165, 1.54) is 105 Å². The zero-order valence-corrected chi connectivity index (χ0v) is 85.6. The van der Waals surface area contributed by atoms with Crippen molar-refractivity contribution in [1.29, 1.82) is 0 Å². The summed E-state index contributed by atoms with van der Waals surface area (Å²) in [6.45, 7) is 50.4. The maximum atomic E-state index is 11.6. The Morgan fingerprint density at radius 1 is 0.430 bits per heavy atom. The lowest BCUT2D eigenvalue weighted by Gasteiger charge is -2.21. The average Bonchev–Trinajstić information content (AvgIpc) is 1.65. The zero-order valence-electron chi connectivity index (χ0n) is 84.8. The topological polar surface area (TPSA) is 103 Å². The monoisotopic (exact) mass is 1840 g/mol. The third-order valence-electron chi connectivity index (χ3n) is 24.2. The second-order valence-electron chi connectivity index (χ2n) is 38.4. The molecule has 4 heterocycles. The number of ketones is 1. The van der Waals surface area contributed by atoms with Crippen LogP contribution in [0.3, 0.4) is 0 Å². The molecule has 2 aliphatic heterocycles. The van der Waals surface area contributed by atoms with Crippen molar-refractivity contribution in [2.45, 2.75) is 284 Å². The Morgan fingerprint density at radius 2 is 0.956 bits per heavy atom. The van der Waals surface area contributed by atoms with Gasteiger partial charge in [0.05, 0.1) is 31.6 Å². The number of unbranched alkanes of at least 4 members (excludes halogenated alkanes) is 1. The number of fused-ring (bicyclic) bond motifs is 3. The lowest BCUT2D eigenvalue weighted by Crippen LogP contribution is -2.10. The van der Waals surface area contributed by atoms with E-state index in [0.29, 0.717) is 66.3 Å². The number of hydrogen-bond donors (Lipinski definition) is 0. The largest absolute Gasteiger partial charge is 0.464 e. The first-order valence-electron chi connectivity index (χ1n) is 49.4. The van der Waals surface area contributed by atoms with E-state index in [0.717, 1.165) is 108 Å². The van der Waals surface area contributed by atoms with Gasteiger partial charge in [-0.15, -0.1) is 11.3 Å². The Morgan fingerprint density at radius 3 is 1.51 bits per heavy atom. The van der Waals surface area contributed by atoms with Crippen molar-refractivity contribution < 1.29 is 42.4 Å². The summed E-state index contributed by atoms with van der Waals surface area (Å²) in [5, 5.41) is 2.15. The van der Waals surface area contributed by atoms with Crippen molar-refractivity contribution in [3.8, 4) is 45.8 Å². The fraction of sp³-hybridized carbons (Fsp3) is 0.392. The molecule has 1 saturated carbocycles. The predicted molar refractivity (Wildman–Crippen MR) is 573 cm³/mol. The molecule has 13 aromatic rings. The Bertz CT molecular complexity index is 5410. The van der Waals surface area contributed by atoms with Crippen LogP contribution in [0.15, 0.2) is 307 Å². The first-order valence-corrected chi connectivity index (χ1v) is 50.3. The van der Waals surface area contributed by atoms with Crippen LogP contribution < -0.4 is 18.9 Å². The molecule has 0 spiro atoms. The molecule has 10 heteroatoms. The van der Waals surface area contributed by atoms with Gasteiger partial charge in [-0.3, -0.25) is 4.79 Å². The summed E-state index contributed by atoms with van der Waals surface area (Å²) in [6.07, 6.45) is 14.1. The number of rotatable bonds is 23. The molecule has 0 radical (unpaired) electrons. The van der Waals surface area contributed by atoms with E-state index >= 15 is 0 Å². The fourth-order valence-corrected chi connectivity index (χ4v) is 16.2. The number of hydrogen-bond acceptors (Lipinski definition) is 10. The van der Waals surface area contributed by atoms with Gasteiger partial charge in [0.25, 0.3) is 0 Å². The quantitative estimate of drug-likeness (QED) is 0.0352. The number of carbonyl (C=O) groups is 2. The molecular formula is C125H160O9S. The minimum atomic E-state index is -0.219. The summed E-state index contributed by atoms with van der Waals surface area (Å²) < 4.78 is 37.9. The minimum Gasteiger partial charge on any atom is -0.464 e. The van der Waals surface area contributed by atoms with Crippen LogP contribution in [0.1, 0.15) is 349 Å². The molecule has 135 heavy (non-hydrogen) atoms. The van der Waals surface area contributed by atoms with Crippen LogP contribution in [0.4, 0.5) is 0 Å². The van der Waals surface area contributed by atoms with Gasteiger partial charge in [0, 0.05) is 16.0 Å². The van der Waals surface area contributed by atoms with Crippen LogP contribution in [-0.4, -0.2) is 31.8 Å². The maximum absolute atomic E-state index is 11.6. The molecule has 0 amide bonds. The molecule has 4 aliphatic rings. The van der Waals surface area contributed by atoms with Gasteiger partial charge in [-0.25, -0.2) is 4.79 Å². The van der Waals surface area contributed by atoms with Gasteiger partial charge in [0.2, 0.25) is 6.79 Å². The van der Waals surface area contributed by atoms with Crippen molar-refractivity contribution in [3.05, 3.63) is 391 Å². The van der Waals surface area contributed by atoms with Gasteiger partial charge in [0.1, 0.15) is 28.8 Å². The number of furan rings is 1. The van der Waals surface area contributed by atoms with Gasteiger partial charge in [0.15, 0.2) is 17.3 Å². The van der Waals surface area contributed by atoms with E-state index in [2.05, 4.69) is 284 Å². The van der Waals surface area contributed by atoms with Crippen molar-refractivity contribution in [3.63, 3.8) is 0 Å². The van der Waals surface area contributed by atoms with E-state index in [9.17, 15) is 9.59 Å². The summed E-state index contributed by atoms with van der Waals surface area (Å²) in [7, 11) is 0. The molecule has 720 valence electrons. The normalized spacial score (nSPS) is 13.3. The number of aryl methyl sites for hydroxylation is 2. The molecule has 1 fully saturated rings. The van der Waals surface area contributed by atoms with Gasteiger partial charge in [-0.1, -0.05) is 359 Å². The molecule has 0 unspecified atom stereocenters. The highest BCUT2D eigenvalue weighted by Crippen LogP contribution is 2.51. The van der Waals surface area contributed by atoms with Gasteiger partial charge >= 0.3 is 5.97 Å². The first kappa shape index (κ1) is 111. The number of esters is 1. The highest BCUT2D eigenvalue weighted by atomic mass is 32.1. The lowest BCUT2D eigenvalue weighted by molar-refractivity contribution is 0.0499. The Labute approximate surface area is 818 Å². The van der Waals surface area contributed by atoms with Crippen molar-refractivity contribution >= 4 is 23.1 Å². The predicted octanol–water partition coefficient (Wildman–Crippen LogP) is 36.6. The third kappa shape index (κ3) is 39.1. The molecule has 11 aromatic carbocycles. The number of thiophene rings is 1. The van der Waals surface area contributed by atoms with Crippen molar-refractivity contribution in [2.75, 3.05) is 20.0 Å². The molecule has 0 bridgehead atoms. The van der Waals surface area contributed by atoms with Crippen molar-refractivity contribution in [1.82, 2.24) is 0 Å². The molecule has 0 N–H and O–H groups in total. The summed E-state index contributed by atoms with van der Waals surface area (Å²) in [4.78, 5) is 24.1.